The Morgan fingerprint density at radius 2 is 1.95 bits per heavy atom. The van der Waals surface area contributed by atoms with Crippen LogP contribution in [0.4, 0.5) is 5.69 Å². The number of amides is 1. The maximum atomic E-state index is 11.9. The zero-order valence-corrected chi connectivity index (χ0v) is 15.0. The third-order valence-electron chi connectivity index (χ3n) is 2.72. The molecule has 2 aromatic rings. The van der Waals surface area contributed by atoms with E-state index in [0.717, 1.165) is 25.0 Å². The van der Waals surface area contributed by atoms with Gasteiger partial charge in [-0.15, -0.1) is 0 Å². The van der Waals surface area contributed by atoms with Crippen molar-refractivity contribution in [1.29, 1.82) is 0 Å². The summed E-state index contributed by atoms with van der Waals surface area (Å²) in [6.07, 6.45) is 3.22. The van der Waals surface area contributed by atoms with E-state index in [-0.39, 0.29) is 5.91 Å². The highest BCUT2D eigenvalue weighted by Crippen LogP contribution is 2.24. The topological polar surface area (TPSA) is 38.3 Å². The van der Waals surface area contributed by atoms with Crippen molar-refractivity contribution in [3.63, 3.8) is 0 Å². The number of methoxy groups -OCH3 is 1. The van der Waals surface area contributed by atoms with Gasteiger partial charge in [-0.2, -0.15) is 0 Å². The predicted molar refractivity (Wildman–Crippen MR) is 97.5 cm³/mol. The lowest BCUT2D eigenvalue weighted by Crippen LogP contribution is -2.07. The summed E-state index contributed by atoms with van der Waals surface area (Å²) < 4.78 is 7.32. The summed E-state index contributed by atoms with van der Waals surface area (Å²) in [5.41, 5.74) is 1.61. The van der Waals surface area contributed by atoms with Crippen LogP contribution in [0.15, 0.2) is 53.0 Å². The SMILES string of the molecule is COc1ccc(Br)cc1/C=C/C(=O)Nc1ccc(I)cc1. The minimum absolute atomic E-state index is 0.182. The number of anilines is 1. The number of carbonyl (C=O) groups excluding carboxylic acids is 1. The van der Waals surface area contributed by atoms with Crippen LogP contribution in [0.1, 0.15) is 5.56 Å². The Morgan fingerprint density at radius 1 is 1.24 bits per heavy atom. The number of halogens is 2. The van der Waals surface area contributed by atoms with Gasteiger partial charge in [0.1, 0.15) is 5.75 Å². The highest BCUT2D eigenvalue weighted by Gasteiger charge is 2.02. The molecule has 0 aromatic heterocycles. The van der Waals surface area contributed by atoms with Crippen molar-refractivity contribution in [2.24, 2.45) is 0 Å². The van der Waals surface area contributed by atoms with Crippen molar-refractivity contribution >= 4 is 56.2 Å². The van der Waals surface area contributed by atoms with Crippen molar-refractivity contribution in [2.45, 2.75) is 0 Å². The Labute approximate surface area is 145 Å². The molecular formula is C16H13BrINO2. The van der Waals surface area contributed by atoms with E-state index in [1.165, 1.54) is 6.08 Å². The Bertz CT molecular complexity index is 668. The lowest BCUT2D eigenvalue weighted by atomic mass is 10.2. The van der Waals surface area contributed by atoms with E-state index in [1.54, 1.807) is 13.2 Å². The summed E-state index contributed by atoms with van der Waals surface area (Å²) in [6, 6.07) is 13.3. The molecule has 108 valence electrons. The van der Waals surface area contributed by atoms with Gasteiger partial charge in [0.05, 0.1) is 7.11 Å². The molecule has 21 heavy (non-hydrogen) atoms. The van der Waals surface area contributed by atoms with E-state index in [1.807, 2.05) is 42.5 Å². The van der Waals surface area contributed by atoms with Crippen LogP contribution in [0.3, 0.4) is 0 Å². The van der Waals surface area contributed by atoms with Crippen LogP contribution in [0, 0.1) is 3.57 Å². The first kappa shape index (κ1) is 16.0. The fourth-order valence-corrected chi connectivity index (χ4v) is 2.46. The summed E-state index contributed by atoms with van der Waals surface area (Å²) in [5, 5.41) is 2.81. The largest absolute Gasteiger partial charge is 0.496 e. The fraction of sp³-hybridized carbons (Fsp3) is 0.0625. The van der Waals surface area contributed by atoms with Crippen LogP contribution in [-0.2, 0) is 4.79 Å². The van der Waals surface area contributed by atoms with Crippen LogP contribution >= 0.6 is 38.5 Å². The van der Waals surface area contributed by atoms with E-state index in [0.29, 0.717) is 0 Å². The zero-order chi connectivity index (χ0) is 15.2. The number of ether oxygens (including phenoxy) is 1. The molecular weight excluding hydrogens is 445 g/mol. The second-order valence-corrected chi connectivity index (χ2v) is 6.38. The quantitative estimate of drug-likeness (QED) is 0.533. The molecule has 0 atom stereocenters. The van der Waals surface area contributed by atoms with Crippen LogP contribution in [-0.4, -0.2) is 13.0 Å². The molecule has 1 amide bonds. The smallest absolute Gasteiger partial charge is 0.248 e. The second-order valence-electron chi connectivity index (χ2n) is 4.22. The fourth-order valence-electron chi connectivity index (χ4n) is 1.72. The highest BCUT2D eigenvalue weighted by molar-refractivity contribution is 14.1. The minimum atomic E-state index is -0.182. The summed E-state index contributed by atoms with van der Waals surface area (Å²) in [4.78, 5) is 11.9. The summed E-state index contributed by atoms with van der Waals surface area (Å²) in [5.74, 6) is 0.537. The van der Waals surface area contributed by atoms with Crippen molar-refractivity contribution in [1.82, 2.24) is 0 Å². The van der Waals surface area contributed by atoms with Crippen LogP contribution in [0.2, 0.25) is 0 Å². The molecule has 0 bridgehead atoms. The lowest BCUT2D eigenvalue weighted by Gasteiger charge is -2.05. The molecule has 0 saturated carbocycles. The van der Waals surface area contributed by atoms with Crippen molar-refractivity contribution < 1.29 is 9.53 Å². The van der Waals surface area contributed by atoms with Crippen LogP contribution in [0.25, 0.3) is 6.08 Å². The number of rotatable bonds is 4. The molecule has 0 radical (unpaired) electrons. The maximum absolute atomic E-state index is 11.9. The van der Waals surface area contributed by atoms with E-state index in [2.05, 4.69) is 43.8 Å². The third kappa shape index (κ3) is 4.86. The Morgan fingerprint density at radius 3 is 2.62 bits per heavy atom. The average Bonchev–Trinajstić information content (AvgIpc) is 2.48. The van der Waals surface area contributed by atoms with Gasteiger partial charge in [0.15, 0.2) is 0 Å². The normalized spacial score (nSPS) is 10.6. The van der Waals surface area contributed by atoms with E-state index in [4.69, 9.17) is 4.74 Å². The van der Waals surface area contributed by atoms with Gasteiger partial charge in [-0.3, -0.25) is 4.79 Å². The Kier molecular flexibility index (Phi) is 5.81. The van der Waals surface area contributed by atoms with Crippen molar-refractivity contribution in [3.05, 3.63) is 62.1 Å². The van der Waals surface area contributed by atoms with Gasteiger partial charge in [-0.05, 0) is 71.1 Å². The van der Waals surface area contributed by atoms with E-state index >= 15 is 0 Å². The standard InChI is InChI=1S/C16H13BrINO2/c1-21-15-8-3-12(17)10-11(15)2-9-16(20)19-14-6-4-13(18)5-7-14/h2-10H,1H3,(H,19,20)/b9-2+. The molecule has 0 spiro atoms. The monoisotopic (exact) mass is 457 g/mol. The molecule has 0 saturated heterocycles. The molecule has 0 heterocycles. The first-order chi connectivity index (χ1) is 10.1. The van der Waals surface area contributed by atoms with E-state index < -0.39 is 0 Å². The van der Waals surface area contributed by atoms with E-state index in [9.17, 15) is 4.79 Å². The number of carbonyl (C=O) groups is 1. The van der Waals surface area contributed by atoms with Gasteiger partial charge < -0.3 is 10.1 Å². The number of hydrogen-bond donors (Lipinski definition) is 1. The van der Waals surface area contributed by atoms with Gasteiger partial charge in [-0.1, -0.05) is 15.9 Å². The van der Waals surface area contributed by atoms with Gasteiger partial charge >= 0.3 is 0 Å². The van der Waals surface area contributed by atoms with Crippen molar-refractivity contribution in [2.75, 3.05) is 12.4 Å². The van der Waals surface area contributed by atoms with Gasteiger partial charge in [0.2, 0.25) is 5.91 Å². The molecule has 2 aromatic carbocycles. The second kappa shape index (κ2) is 7.61. The van der Waals surface area contributed by atoms with Crippen LogP contribution in [0.5, 0.6) is 5.75 Å². The Balaban J connectivity index is 2.08. The molecule has 1 N–H and O–H groups in total. The molecule has 0 fully saturated rings. The number of nitrogens with one attached hydrogen (secondary N) is 1. The predicted octanol–water partition coefficient (Wildman–Crippen LogP) is 4.71. The van der Waals surface area contributed by atoms with Crippen molar-refractivity contribution in [3.8, 4) is 5.75 Å². The first-order valence-corrected chi connectivity index (χ1v) is 8.04. The number of benzene rings is 2. The first-order valence-electron chi connectivity index (χ1n) is 6.16. The molecule has 0 unspecified atom stereocenters. The summed E-state index contributed by atoms with van der Waals surface area (Å²) in [7, 11) is 1.60. The van der Waals surface area contributed by atoms with Crippen LogP contribution < -0.4 is 10.1 Å². The highest BCUT2D eigenvalue weighted by atomic mass is 127. The minimum Gasteiger partial charge on any atom is -0.496 e. The maximum Gasteiger partial charge on any atom is 0.248 e. The molecule has 2 rings (SSSR count). The zero-order valence-electron chi connectivity index (χ0n) is 11.3. The number of hydrogen-bond acceptors (Lipinski definition) is 2. The molecule has 0 aliphatic rings. The average molecular weight is 458 g/mol. The van der Waals surface area contributed by atoms with Gasteiger partial charge in [0, 0.05) is 25.4 Å². The summed E-state index contributed by atoms with van der Waals surface area (Å²) in [6.45, 7) is 0. The molecule has 5 heteroatoms. The molecule has 3 nitrogen and oxygen atoms in total. The lowest BCUT2D eigenvalue weighted by molar-refractivity contribution is -0.111. The van der Waals surface area contributed by atoms with Gasteiger partial charge in [-0.25, -0.2) is 0 Å². The third-order valence-corrected chi connectivity index (χ3v) is 3.93. The molecule has 0 aliphatic heterocycles. The summed E-state index contributed by atoms with van der Waals surface area (Å²) >= 11 is 5.62. The molecule has 0 aliphatic carbocycles. The van der Waals surface area contributed by atoms with Gasteiger partial charge in [0.25, 0.3) is 0 Å². The Hall–Kier alpha value is -1.34.